The fourth-order valence-electron chi connectivity index (χ4n) is 4.33. The van der Waals surface area contributed by atoms with Gasteiger partial charge < -0.3 is 9.47 Å². The van der Waals surface area contributed by atoms with Gasteiger partial charge in [-0.3, -0.25) is 9.36 Å². The van der Waals surface area contributed by atoms with Gasteiger partial charge in [-0.15, -0.1) is 0 Å². The highest BCUT2D eigenvalue weighted by molar-refractivity contribution is 14.1. The number of esters is 1. The van der Waals surface area contributed by atoms with Crippen LogP contribution in [0.4, 0.5) is 0 Å². The van der Waals surface area contributed by atoms with Gasteiger partial charge in [-0.1, -0.05) is 72.0 Å². The third-order valence-electron chi connectivity index (χ3n) is 6.09. The molecule has 5 rings (SSSR count). The minimum absolute atomic E-state index is 0.203. The van der Waals surface area contributed by atoms with Crippen molar-refractivity contribution in [1.29, 1.82) is 0 Å². The summed E-state index contributed by atoms with van der Waals surface area (Å²) >= 11 is 5.84. The van der Waals surface area contributed by atoms with E-state index in [4.69, 9.17) is 9.47 Å². The molecule has 9 heteroatoms. The number of rotatable bonds is 6. The number of methoxy groups -OCH3 is 1. The fraction of sp³-hybridized carbons (Fsp3) is 0.138. The van der Waals surface area contributed by atoms with Gasteiger partial charge in [0.15, 0.2) is 4.80 Å². The van der Waals surface area contributed by atoms with E-state index in [1.807, 2.05) is 78.9 Å². The van der Waals surface area contributed by atoms with Gasteiger partial charge in [0.05, 0.1) is 36.1 Å². The Labute approximate surface area is 250 Å². The van der Waals surface area contributed by atoms with Crippen molar-refractivity contribution in [2.75, 3.05) is 7.11 Å². The van der Waals surface area contributed by atoms with Crippen LogP contribution >= 0.6 is 56.5 Å². The molecular formula is C29H22I2N2O4S. The largest absolute Gasteiger partial charge is 0.487 e. The Morgan fingerprint density at radius 1 is 1.05 bits per heavy atom. The Balaban J connectivity index is 1.56. The monoisotopic (exact) mass is 748 g/mol. The third kappa shape index (κ3) is 5.36. The summed E-state index contributed by atoms with van der Waals surface area (Å²) in [6.07, 6.45) is 1.87. The number of fused-ring (bicyclic) bond motifs is 1. The molecule has 1 aliphatic rings. The first kappa shape index (κ1) is 26.8. The number of benzene rings is 3. The van der Waals surface area contributed by atoms with Crippen LogP contribution in [0.1, 0.15) is 29.7 Å². The molecule has 6 nitrogen and oxygen atoms in total. The topological polar surface area (TPSA) is 69.9 Å². The average Bonchev–Trinajstić information content (AvgIpc) is 3.22. The Morgan fingerprint density at radius 3 is 2.32 bits per heavy atom. The molecular weight excluding hydrogens is 726 g/mol. The molecule has 1 unspecified atom stereocenters. The number of ether oxygens (including phenoxy) is 2. The van der Waals surface area contributed by atoms with E-state index in [0.717, 1.165) is 29.6 Å². The quantitative estimate of drug-likeness (QED) is 0.201. The van der Waals surface area contributed by atoms with Crippen molar-refractivity contribution < 1.29 is 14.3 Å². The summed E-state index contributed by atoms with van der Waals surface area (Å²) in [6, 6.07) is 22.9. The summed E-state index contributed by atoms with van der Waals surface area (Å²) in [5.74, 6) is 0.320. The zero-order valence-corrected chi connectivity index (χ0v) is 25.6. The summed E-state index contributed by atoms with van der Waals surface area (Å²) in [7, 11) is 1.34. The molecule has 3 aromatic carbocycles. The SMILES string of the molecule is COC(=O)C1=C(C)N=c2sc(=Cc3cc(I)c(OCc4ccccc4)c(I)c3)c(=O)n2C1c1ccccc1. The van der Waals surface area contributed by atoms with Crippen molar-refractivity contribution in [3.63, 3.8) is 0 Å². The van der Waals surface area contributed by atoms with Gasteiger partial charge in [0.2, 0.25) is 0 Å². The van der Waals surface area contributed by atoms with E-state index < -0.39 is 12.0 Å². The lowest BCUT2D eigenvalue weighted by Crippen LogP contribution is -2.39. The molecule has 1 aromatic heterocycles. The summed E-state index contributed by atoms with van der Waals surface area (Å²) in [6.45, 7) is 2.25. The van der Waals surface area contributed by atoms with Crippen molar-refractivity contribution in [2.45, 2.75) is 19.6 Å². The average molecular weight is 748 g/mol. The highest BCUT2D eigenvalue weighted by Crippen LogP contribution is 2.31. The molecule has 0 spiro atoms. The molecule has 192 valence electrons. The van der Waals surface area contributed by atoms with Crippen LogP contribution in [0.5, 0.6) is 5.75 Å². The van der Waals surface area contributed by atoms with E-state index in [2.05, 4.69) is 50.2 Å². The van der Waals surface area contributed by atoms with E-state index in [1.54, 1.807) is 11.5 Å². The standard InChI is InChI=1S/C29H22I2N2O4S/c1-17-24(28(35)36-2)25(20-11-7-4-8-12-20)33-27(34)23(38-29(33)32-17)15-19-13-21(30)26(22(31)14-19)37-16-18-9-5-3-6-10-18/h3-15,25H,16H2,1-2H3. The molecule has 0 saturated heterocycles. The van der Waals surface area contributed by atoms with Crippen LogP contribution in [0.25, 0.3) is 6.08 Å². The first-order chi connectivity index (χ1) is 18.4. The van der Waals surface area contributed by atoms with E-state index in [-0.39, 0.29) is 5.56 Å². The maximum Gasteiger partial charge on any atom is 0.338 e. The number of carbonyl (C=O) groups excluding carboxylic acids is 1. The summed E-state index contributed by atoms with van der Waals surface area (Å²) in [5, 5.41) is 0. The highest BCUT2D eigenvalue weighted by Gasteiger charge is 2.32. The second-order valence-electron chi connectivity index (χ2n) is 8.57. The maximum absolute atomic E-state index is 13.7. The number of aromatic nitrogens is 1. The maximum atomic E-state index is 13.7. The number of hydrogen-bond donors (Lipinski definition) is 0. The molecule has 0 N–H and O–H groups in total. The number of halogens is 2. The summed E-state index contributed by atoms with van der Waals surface area (Å²) < 4.78 is 15.2. The van der Waals surface area contributed by atoms with Crippen molar-refractivity contribution in [3.8, 4) is 5.75 Å². The van der Waals surface area contributed by atoms with Crippen LogP contribution in [0, 0.1) is 7.14 Å². The Kier molecular flexibility index (Phi) is 8.15. The lowest BCUT2D eigenvalue weighted by Gasteiger charge is -2.24. The number of allylic oxidation sites excluding steroid dienone is 1. The molecule has 38 heavy (non-hydrogen) atoms. The van der Waals surface area contributed by atoms with Crippen LogP contribution < -0.4 is 19.6 Å². The van der Waals surface area contributed by atoms with Gasteiger partial charge in [-0.2, -0.15) is 0 Å². The Morgan fingerprint density at radius 2 is 1.68 bits per heavy atom. The molecule has 0 amide bonds. The van der Waals surface area contributed by atoms with Crippen LogP contribution in [0.3, 0.4) is 0 Å². The Bertz CT molecular complexity index is 1700. The zero-order chi connectivity index (χ0) is 26.8. The van der Waals surface area contributed by atoms with Gasteiger partial charge >= 0.3 is 5.97 Å². The molecule has 0 fully saturated rings. The molecule has 4 aromatic rings. The predicted molar refractivity (Wildman–Crippen MR) is 165 cm³/mol. The fourth-order valence-corrected chi connectivity index (χ4v) is 7.50. The minimum Gasteiger partial charge on any atom is -0.487 e. The van der Waals surface area contributed by atoms with Crippen LogP contribution in [0.2, 0.25) is 0 Å². The zero-order valence-electron chi connectivity index (χ0n) is 20.5. The number of carbonyl (C=O) groups is 1. The molecule has 0 bridgehead atoms. The van der Waals surface area contributed by atoms with Crippen LogP contribution in [-0.2, 0) is 16.1 Å². The normalized spacial score (nSPS) is 15.2. The van der Waals surface area contributed by atoms with E-state index in [0.29, 0.717) is 27.2 Å². The van der Waals surface area contributed by atoms with Gasteiger partial charge in [0, 0.05) is 0 Å². The molecule has 1 aliphatic heterocycles. The van der Waals surface area contributed by atoms with Crippen LogP contribution in [0.15, 0.2) is 93.9 Å². The molecule has 0 saturated carbocycles. The van der Waals surface area contributed by atoms with Gasteiger partial charge in [0.25, 0.3) is 5.56 Å². The lowest BCUT2D eigenvalue weighted by molar-refractivity contribution is -0.136. The minimum atomic E-state index is -0.615. The lowest BCUT2D eigenvalue weighted by atomic mass is 9.96. The van der Waals surface area contributed by atoms with Crippen molar-refractivity contribution in [1.82, 2.24) is 4.57 Å². The Hall–Kier alpha value is -2.77. The van der Waals surface area contributed by atoms with E-state index in [9.17, 15) is 9.59 Å². The van der Waals surface area contributed by atoms with Gasteiger partial charge in [-0.05, 0) is 87.0 Å². The molecule has 0 aliphatic carbocycles. The second-order valence-corrected chi connectivity index (χ2v) is 11.9. The van der Waals surface area contributed by atoms with Gasteiger partial charge in [0.1, 0.15) is 12.4 Å². The first-order valence-electron chi connectivity index (χ1n) is 11.7. The number of nitrogens with zero attached hydrogens (tertiary/aromatic N) is 2. The van der Waals surface area contributed by atoms with Crippen LogP contribution in [-0.4, -0.2) is 17.6 Å². The second kappa shape index (κ2) is 11.5. The van der Waals surface area contributed by atoms with E-state index >= 15 is 0 Å². The van der Waals surface area contributed by atoms with E-state index in [1.165, 1.54) is 18.4 Å². The molecule has 2 heterocycles. The first-order valence-corrected chi connectivity index (χ1v) is 14.7. The van der Waals surface area contributed by atoms with Crippen molar-refractivity contribution in [3.05, 3.63) is 128 Å². The smallest absolute Gasteiger partial charge is 0.338 e. The van der Waals surface area contributed by atoms with Crippen molar-refractivity contribution in [2.24, 2.45) is 4.99 Å². The number of hydrogen-bond acceptors (Lipinski definition) is 6. The predicted octanol–water partition coefficient (Wildman–Crippen LogP) is 5.20. The summed E-state index contributed by atoms with van der Waals surface area (Å²) in [4.78, 5) is 31.7. The van der Waals surface area contributed by atoms with Gasteiger partial charge in [-0.25, -0.2) is 9.79 Å². The molecule has 0 radical (unpaired) electrons. The third-order valence-corrected chi connectivity index (χ3v) is 8.67. The summed E-state index contributed by atoms with van der Waals surface area (Å²) in [5.41, 5.74) is 3.50. The number of thiazole rings is 1. The highest BCUT2D eigenvalue weighted by atomic mass is 127. The molecule has 1 atom stereocenters. The van der Waals surface area contributed by atoms with Crippen molar-refractivity contribution >= 4 is 68.6 Å².